The van der Waals surface area contributed by atoms with Crippen LogP contribution >= 0.6 is 0 Å². The van der Waals surface area contributed by atoms with E-state index in [1.807, 2.05) is 89.5 Å². The number of pyridine rings is 1. The summed E-state index contributed by atoms with van der Waals surface area (Å²) in [5.74, 6) is -0.1000. The van der Waals surface area contributed by atoms with Crippen LogP contribution in [0.2, 0.25) is 0 Å². The zero-order chi connectivity index (χ0) is 23.5. The van der Waals surface area contributed by atoms with Crippen molar-refractivity contribution >= 4 is 27.7 Å². The number of nitrogens with zero attached hydrogens (tertiary/aromatic N) is 1. The monoisotopic (exact) mass is 446 g/mol. The lowest BCUT2D eigenvalue weighted by Gasteiger charge is -2.31. The van der Waals surface area contributed by atoms with E-state index >= 15 is 0 Å². The van der Waals surface area contributed by atoms with Gasteiger partial charge in [-0.05, 0) is 42.3 Å². The van der Waals surface area contributed by atoms with Crippen LogP contribution in [0, 0.1) is 0 Å². The first kappa shape index (κ1) is 21.7. The maximum Gasteiger partial charge on any atom is 0.240 e. The molecule has 0 aliphatic rings. The molecule has 168 valence electrons. The molecule has 1 N–H and O–H groups in total. The molecular weight excluding hydrogens is 420 g/mol. The molecule has 0 saturated carbocycles. The number of para-hydroxylation sites is 2. The van der Waals surface area contributed by atoms with Gasteiger partial charge in [-0.3, -0.25) is 9.59 Å². The topological polar surface area (TPSA) is 51.1 Å². The molecule has 0 fully saturated rings. The largest absolute Gasteiger partial charge is 0.353 e. The molecule has 1 heterocycles. The van der Waals surface area contributed by atoms with Crippen LogP contribution in [0.5, 0.6) is 0 Å². The summed E-state index contributed by atoms with van der Waals surface area (Å²) >= 11 is 0. The average molecular weight is 447 g/mol. The minimum absolute atomic E-state index is 0.0106. The van der Waals surface area contributed by atoms with Gasteiger partial charge in [-0.25, -0.2) is 0 Å². The molecule has 0 radical (unpaired) electrons. The molecule has 1 amide bonds. The van der Waals surface area contributed by atoms with Crippen molar-refractivity contribution in [3.05, 3.63) is 131 Å². The van der Waals surface area contributed by atoms with E-state index in [9.17, 15) is 9.59 Å². The Kier molecular flexibility index (Phi) is 5.72. The Morgan fingerprint density at radius 2 is 1.15 bits per heavy atom. The predicted octanol–water partition coefficient (Wildman–Crippen LogP) is 5.28. The van der Waals surface area contributed by atoms with Gasteiger partial charge in [0.1, 0.15) is 6.54 Å². The van der Waals surface area contributed by atoms with Crippen LogP contribution in [0.1, 0.15) is 18.1 Å². The van der Waals surface area contributed by atoms with Crippen molar-refractivity contribution in [1.82, 2.24) is 9.88 Å². The van der Waals surface area contributed by atoms with Crippen LogP contribution in [-0.2, 0) is 16.8 Å². The van der Waals surface area contributed by atoms with Gasteiger partial charge in [-0.1, -0.05) is 84.9 Å². The molecule has 34 heavy (non-hydrogen) atoms. The van der Waals surface area contributed by atoms with E-state index in [0.717, 1.165) is 22.2 Å². The molecule has 0 bridgehead atoms. The van der Waals surface area contributed by atoms with Gasteiger partial charge < -0.3 is 9.88 Å². The SMILES string of the molecule is CC(CNC(=O)Cn1c2ccccc2c(=O)c2ccccc21)(c1ccccc1)c1ccccc1. The number of nitrogens with one attached hydrogen (secondary N) is 1. The fourth-order valence-corrected chi connectivity index (χ4v) is 4.70. The fourth-order valence-electron chi connectivity index (χ4n) is 4.70. The van der Waals surface area contributed by atoms with Crippen molar-refractivity contribution < 1.29 is 4.79 Å². The van der Waals surface area contributed by atoms with Crippen LogP contribution in [0.15, 0.2) is 114 Å². The maximum atomic E-state index is 13.3. The van der Waals surface area contributed by atoms with Crippen molar-refractivity contribution in [2.24, 2.45) is 0 Å². The highest BCUT2D eigenvalue weighted by molar-refractivity contribution is 5.94. The second-order valence-corrected chi connectivity index (χ2v) is 8.79. The van der Waals surface area contributed by atoms with Gasteiger partial charge in [-0.15, -0.1) is 0 Å². The number of carbonyl (C=O) groups is 1. The highest BCUT2D eigenvalue weighted by Crippen LogP contribution is 2.31. The zero-order valence-electron chi connectivity index (χ0n) is 19.1. The van der Waals surface area contributed by atoms with Crippen molar-refractivity contribution in [3.8, 4) is 0 Å². The van der Waals surface area contributed by atoms with Crippen LogP contribution < -0.4 is 10.7 Å². The third kappa shape index (κ3) is 3.88. The molecule has 4 aromatic carbocycles. The van der Waals surface area contributed by atoms with Crippen molar-refractivity contribution in [3.63, 3.8) is 0 Å². The lowest BCUT2D eigenvalue weighted by molar-refractivity contribution is -0.121. The first-order chi connectivity index (χ1) is 16.6. The third-order valence-corrected chi connectivity index (χ3v) is 6.64. The molecule has 0 spiro atoms. The summed E-state index contributed by atoms with van der Waals surface area (Å²) in [7, 11) is 0. The Bertz CT molecular complexity index is 1420. The highest BCUT2D eigenvalue weighted by Gasteiger charge is 2.29. The van der Waals surface area contributed by atoms with Gasteiger partial charge >= 0.3 is 0 Å². The smallest absolute Gasteiger partial charge is 0.240 e. The summed E-state index contributed by atoms with van der Waals surface area (Å²) in [5.41, 5.74) is 3.40. The van der Waals surface area contributed by atoms with E-state index in [4.69, 9.17) is 0 Å². The number of rotatable bonds is 6. The number of fused-ring (bicyclic) bond motifs is 2. The second kappa shape index (κ2) is 8.99. The Hall–Kier alpha value is -4.18. The molecule has 0 aliphatic carbocycles. The second-order valence-electron chi connectivity index (χ2n) is 8.79. The minimum Gasteiger partial charge on any atom is -0.353 e. The number of aromatic nitrogens is 1. The van der Waals surface area contributed by atoms with Crippen LogP contribution in [0.3, 0.4) is 0 Å². The van der Waals surface area contributed by atoms with Gasteiger partial charge in [0.15, 0.2) is 5.43 Å². The molecule has 4 nitrogen and oxygen atoms in total. The van der Waals surface area contributed by atoms with E-state index in [1.54, 1.807) is 0 Å². The zero-order valence-corrected chi connectivity index (χ0v) is 19.1. The van der Waals surface area contributed by atoms with Crippen molar-refractivity contribution in [2.45, 2.75) is 18.9 Å². The summed E-state index contributed by atoms with van der Waals surface area (Å²) in [5, 5.41) is 4.41. The molecule has 4 heteroatoms. The molecular formula is C30H26N2O2. The Morgan fingerprint density at radius 1 is 0.706 bits per heavy atom. The van der Waals surface area contributed by atoms with Crippen molar-refractivity contribution in [1.29, 1.82) is 0 Å². The molecule has 5 aromatic rings. The molecule has 0 saturated heterocycles. The van der Waals surface area contributed by atoms with E-state index in [-0.39, 0.29) is 23.3 Å². The normalized spacial score (nSPS) is 11.6. The summed E-state index contributed by atoms with van der Waals surface area (Å²) in [6.07, 6.45) is 0. The fraction of sp³-hybridized carbons (Fsp3) is 0.133. The third-order valence-electron chi connectivity index (χ3n) is 6.64. The molecule has 0 unspecified atom stereocenters. The lowest BCUT2D eigenvalue weighted by atomic mass is 9.76. The van der Waals surface area contributed by atoms with Gasteiger partial charge in [0.2, 0.25) is 5.91 Å². The summed E-state index contributed by atoms with van der Waals surface area (Å²) in [4.78, 5) is 26.3. The Balaban J connectivity index is 1.49. The minimum atomic E-state index is -0.383. The Labute approximate surface area is 198 Å². The van der Waals surface area contributed by atoms with E-state index in [1.165, 1.54) is 0 Å². The van der Waals surface area contributed by atoms with Gasteiger partial charge in [0, 0.05) is 22.7 Å². The summed E-state index contributed by atoms with van der Waals surface area (Å²) in [6.45, 7) is 2.74. The number of carbonyl (C=O) groups excluding carboxylic acids is 1. The number of hydrogen-bond donors (Lipinski definition) is 1. The lowest BCUT2D eigenvalue weighted by Crippen LogP contribution is -2.41. The highest BCUT2D eigenvalue weighted by atomic mass is 16.2. The van der Waals surface area contributed by atoms with E-state index in [0.29, 0.717) is 17.3 Å². The first-order valence-electron chi connectivity index (χ1n) is 11.5. The summed E-state index contributed by atoms with van der Waals surface area (Å²) in [6, 6.07) is 35.4. The predicted molar refractivity (Wildman–Crippen MR) is 138 cm³/mol. The maximum absolute atomic E-state index is 13.3. The van der Waals surface area contributed by atoms with Gasteiger partial charge in [0.25, 0.3) is 0 Å². The van der Waals surface area contributed by atoms with E-state index < -0.39 is 0 Å². The van der Waals surface area contributed by atoms with Crippen molar-refractivity contribution in [2.75, 3.05) is 6.54 Å². The van der Waals surface area contributed by atoms with Gasteiger partial charge in [0.05, 0.1) is 11.0 Å². The number of amides is 1. The average Bonchev–Trinajstić information content (AvgIpc) is 2.90. The van der Waals surface area contributed by atoms with Crippen LogP contribution in [-0.4, -0.2) is 17.0 Å². The molecule has 5 rings (SSSR count). The van der Waals surface area contributed by atoms with E-state index in [2.05, 4.69) is 36.5 Å². The standard InChI is InChI=1S/C30H26N2O2/c1-30(22-12-4-2-5-13-22,23-14-6-3-7-15-23)21-31-28(33)20-32-26-18-10-8-16-24(26)29(34)25-17-9-11-19-27(25)32/h2-19H,20-21H2,1H3,(H,31,33). The van der Waals surface area contributed by atoms with Crippen LogP contribution in [0.4, 0.5) is 0 Å². The Morgan fingerprint density at radius 3 is 1.65 bits per heavy atom. The molecule has 0 aliphatic heterocycles. The molecule has 1 aromatic heterocycles. The first-order valence-corrected chi connectivity index (χ1v) is 11.5. The van der Waals surface area contributed by atoms with Gasteiger partial charge in [-0.2, -0.15) is 0 Å². The number of benzene rings is 4. The summed E-state index contributed by atoms with van der Waals surface area (Å²) < 4.78 is 1.93. The molecule has 0 atom stereocenters. The van der Waals surface area contributed by atoms with Crippen LogP contribution in [0.25, 0.3) is 21.8 Å². The number of hydrogen-bond acceptors (Lipinski definition) is 2. The quantitative estimate of drug-likeness (QED) is 0.361.